The summed E-state index contributed by atoms with van der Waals surface area (Å²) in [6.45, 7) is 1.80. The highest BCUT2D eigenvalue weighted by atomic mass is 79.9. The van der Waals surface area contributed by atoms with Gasteiger partial charge in [-0.2, -0.15) is 23.4 Å². The Balaban J connectivity index is 1.86. The zero-order chi connectivity index (χ0) is 21.5. The van der Waals surface area contributed by atoms with Crippen LogP contribution < -0.4 is 5.32 Å². The van der Waals surface area contributed by atoms with Crippen molar-refractivity contribution < 1.29 is 22.8 Å². The molecule has 2 amide bonds. The molecule has 1 fully saturated rings. The first-order chi connectivity index (χ1) is 13.5. The Morgan fingerprint density at radius 3 is 2.48 bits per heavy atom. The number of anilines is 1. The lowest BCUT2D eigenvalue weighted by Crippen LogP contribution is -2.27. The highest BCUT2D eigenvalue weighted by Crippen LogP contribution is 2.46. The molecule has 0 spiro atoms. The Labute approximate surface area is 173 Å². The maximum atomic E-state index is 13.2. The topological polar surface area (TPSA) is 85.0 Å². The molecular formula is C17H20BrF3N6O2. The SMILES string of the molecule is CCn1ncc(NC(=O)Cn2nc(C(F)(F)F)c(Br)c2C2CC2)c1C(=O)N(C)C. The Morgan fingerprint density at radius 2 is 1.97 bits per heavy atom. The minimum atomic E-state index is -4.63. The molecule has 1 aliphatic carbocycles. The molecule has 3 rings (SSSR count). The van der Waals surface area contributed by atoms with Crippen molar-refractivity contribution in [2.45, 2.75) is 44.9 Å². The van der Waals surface area contributed by atoms with Crippen molar-refractivity contribution in [2.75, 3.05) is 19.4 Å². The molecule has 0 radical (unpaired) electrons. The van der Waals surface area contributed by atoms with Crippen LogP contribution in [-0.4, -0.2) is 50.4 Å². The van der Waals surface area contributed by atoms with E-state index in [0.29, 0.717) is 12.2 Å². The highest BCUT2D eigenvalue weighted by Gasteiger charge is 2.42. The smallest absolute Gasteiger partial charge is 0.343 e. The molecular weight excluding hydrogens is 457 g/mol. The van der Waals surface area contributed by atoms with Crippen LogP contribution in [0.3, 0.4) is 0 Å². The van der Waals surface area contributed by atoms with Crippen molar-refractivity contribution in [3.05, 3.63) is 27.8 Å². The molecule has 29 heavy (non-hydrogen) atoms. The summed E-state index contributed by atoms with van der Waals surface area (Å²) < 4.78 is 42.0. The monoisotopic (exact) mass is 476 g/mol. The Morgan fingerprint density at radius 1 is 1.31 bits per heavy atom. The van der Waals surface area contributed by atoms with E-state index in [1.54, 1.807) is 21.0 Å². The van der Waals surface area contributed by atoms with Crippen LogP contribution in [0.5, 0.6) is 0 Å². The van der Waals surface area contributed by atoms with Crippen LogP contribution in [0, 0.1) is 0 Å². The van der Waals surface area contributed by atoms with Crippen molar-refractivity contribution in [3.8, 4) is 0 Å². The fourth-order valence-electron chi connectivity index (χ4n) is 2.98. The van der Waals surface area contributed by atoms with Crippen LogP contribution in [0.25, 0.3) is 0 Å². The van der Waals surface area contributed by atoms with E-state index in [-0.39, 0.29) is 27.7 Å². The van der Waals surface area contributed by atoms with Gasteiger partial charge in [-0.3, -0.25) is 19.0 Å². The van der Waals surface area contributed by atoms with Crippen molar-refractivity contribution in [2.24, 2.45) is 0 Å². The maximum absolute atomic E-state index is 13.2. The van der Waals surface area contributed by atoms with Crippen molar-refractivity contribution >= 4 is 33.4 Å². The molecule has 0 atom stereocenters. The average molecular weight is 477 g/mol. The number of nitrogens with zero attached hydrogens (tertiary/aromatic N) is 5. The largest absolute Gasteiger partial charge is 0.436 e. The summed E-state index contributed by atoms with van der Waals surface area (Å²) in [5, 5.41) is 10.3. The molecule has 8 nitrogen and oxygen atoms in total. The van der Waals surface area contributed by atoms with E-state index in [9.17, 15) is 22.8 Å². The fourth-order valence-corrected chi connectivity index (χ4v) is 3.81. The van der Waals surface area contributed by atoms with Gasteiger partial charge in [0.25, 0.3) is 5.91 Å². The average Bonchev–Trinajstić information content (AvgIpc) is 3.29. The van der Waals surface area contributed by atoms with Gasteiger partial charge in [-0.1, -0.05) is 0 Å². The second kappa shape index (κ2) is 7.81. The summed E-state index contributed by atoms with van der Waals surface area (Å²) in [7, 11) is 3.14. The van der Waals surface area contributed by atoms with E-state index in [1.807, 2.05) is 0 Å². The van der Waals surface area contributed by atoms with Crippen LogP contribution in [0.4, 0.5) is 18.9 Å². The van der Waals surface area contributed by atoms with Gasteiger partial charge >= 0.3 is 6.18 Å². The van der Waals surface area contributed by atoms with Crippen molar-refractivity contribution in [1.29, 1.82) is 0 Å². The summed E-state index contributed by atoms with van der Waals surface area (Å²) in [4.78, 5) is 26.3. The predicted molar refractivity (Wildman–Crippen MR) is 101 cm³/mol. The summed E-state index contributed by atoms with van der Waals surface area (Å²) in [6, 6.07) is 0. The van der Waals surface area contributed by atoms with E-state index in [0.717, 1.165) is 17.5 Å². The first-order valence-corrected chi connectivity index (χ1v) is 9.74. The number of nitrogens with one attached hydrogen (secondary N) is 1. The molecule has 0 aliphatic heterocycles. The molecule has 2 aromatic rings. The standard InChI is InChI=1S/C17H20BrF3N6O2/c1-4-26-14(16(29)25(2)3)10(7-22-26)23-11(28)8-27-13(9-5-6-9)12(18)15(24-27)17(19,20)21/h7,9H,4-6,8H2,1-3H3,(H,23,28). The molecule has 0 aromatic carbocycles. The van der Waals surface area contributed by atoms with Crippen molar-refractivity contribution in [1.82, 2.24) is 24.5 Å². The molecule has 0 saturated heterocycles. The first-order valence-electron chi connectivity index (χ1n) is 8.95. The molecule has 2 heterocycles. The number of hydrogen-bond donors (Lipinski definition) is 1. The lowest BCUT2D eigenvalue weighted by atomic mass is 10.2. The number of aryl methyl sites for hydroxylation is 1. The molecule has 1 N–H and O–H groups in total. The summed E-state index contributed by atoms with van der Waals surface area (Å²) in [6.07, 6.45) is -1.79. The molecule has 2 aromatic heterocycles. The number of carbonyl (C=O) groups excluding carboxylic acids is 2. The van der Waals surface area contributed by atoms with Crippen LogP contribution in [0.2, 0.25) is 0 Å². The Bertz CT molecular complexity index is 946. The number of amides is 2. The number of rotatable bonds is 6. The summed E-state index contributed by atoms with van der Waals surface area (Å²) >= 11 is 3.00. The molecule has 12 heteroatoms. The summed E-state index contributed by atoms with van der Waals surface area (Å²) in [5.41, 5.74) is -0.285. The van der Waals surface area contributed by atoms with Crippen LogP contribution in [-0.2, 0) is 24.1 Å². The normalized spacial score (nSPS) is 14.2. The Kier molecular flexibility index (Phi) is 5.74. The predicted octanol–water partition coefficient (Wildman–Crippen LogP) is 3.10. The van der Waals surface area contributed by atoms with E-state index >= 15 is 0 Å². The van der Waals surface area contributed by atoms with E-state index in [2.05, 4.69) is 31.4 Å². The van der Waals surface area contributed by atoms with E-state index in [4.69, 9.17) is 0 Å². The molecule has 0 unspecified atom stereocenters. The van der Waals surface area contributed by atoms with Gasteiger partial charge in [0.15, 0.2) is 5.69 Å². The van der Waals surface area contributed by atoms with Gasteiger partial charge in [0.05, 0.1) is 22.1 Å². The zero-order valence-electron chi connectivity index (χ0n) is 16.0. The minimum Gasteiger partial charge on any atom is -0.343 e. The maximum Gasteiger partial charge on any atom is 0.436 e. The summed E-state index contributed by atoms with van der Waals surface area (Å²) in [5.74, 6) is -1.01. The van der Waals surface area contributed by atoms with Crippen molar-refractivity contribution in [3.63, 3.8) is 0 Å². The Hall–Kier alpha value is -2.37. The third-order valence-electron chi connectivity index (χ3n) is 4.48. The van der Waals surface area contributed by atoms with Gasteiger partial charge in [0.1, 0.15) is 12.2 Å². The number of alkyl halides is 3. The van der Waals surface area contributed by atoms with Gasteiger partial charge in [0.2, 0.25) is 5.91 Å². The quantitative estimate of drug-likeness (QED) is 0.693. The zero-order valence-corrected chi connectivity index (χ0v) is 17.6. The van der Waals surface area contributed by atoms with Gasteiger partial charge in [-0.15, -0.1) is 0 Å². The molecule has 1 aliphatic rings. The van der Waals surface area contributed by atoms with Gasteiger partial charge < -0.3 is 10.2 Å². The number of carbonyl (C=O) groups is 2. The van der Waals surface area contributed by atoms with Crippen LogP contribution in [0.15, 0.2) is 10.7 Å². The van der Waals surface area contributed by atoms with E-state index in [1.165, 1.54) is 15.8 Å². The third kappa shape index (κ3) is 4.31. The highest BCUT2D eigenvalue weighted by molar-refractivity contribution is 9.10. The molecule has 1 saturated carbocycles. The van der Waals surface area contributed by atoms with Crippen LogP contribution >= 0.6 is 15.9 Å². The lowest BCUT2D eigenvalue weighted by Gasteiger charge is -2.14. The third-order valence-corrected chi connectivity index (χ3v) is 5.26. The van der Waals surface area contributed by atoms with Gasteiger partial charge in [-0.05, 0) is 35.7 Å². The number of halogens is 4. The fraction of sp³-hybridized carbons (Fsp3) is 0.529. The number of aromatic nitrogens is 4. The minimum absolute atomic E-state index is 0.0607. The second-order valence-electron chi connectivity index (χ2n) is 6.95. The van der Waals surface area contributed by atoms with Gasteiger partial charge in [-0.25, -0.2) is 0 Å². The molecule has 158 valence electrons. The lowest BCUT2D eigenvalue weighted by molar-refractivity contribution is -0.142. The molecule has 0 bridgehead atoms. The number of hydrogen-bond acceptors (Lipinski definition) is 4. The van der Waals surface area contributed by atoms with Gasteiger partial charge in [0, 0.05) is 26.6 Å². The van der Waals surface area contributed by atoms with Crippen LogP contribution in [0.1, 0.15) is 47.6 Å². The van der Waals surface area contributed by atoms with E-state index < -0.39 is 24.3 Å². The first kappa shape index (κ1) is 21.3. The second-order valence-corrected chi connectivity index (χ2v) is 7.74.